The lowest BCUT2D eigenvalue weighted by Crippen LogP contribution is -2.44. The maximum atomic E-state index is 12.1. The summed E-state index contributed by atoms with van der Waals surface area (Å²) in [4.78, 5) is 26.8. The first-order chi connectivity index (χ1) is 10.00. The molecule has 1 aromatic carbocycles. The minimum Gasteiger partial charge on any atom is -0.467 e. The van der Waals surface area contributed by atoms with E-state index in [9.17, 15) is 9.59 Å². The predicted molar refractivity (Wildman–Crippen MR) is 83.5 cm³/mol. The molecule has 0 bridgehead atoms. The number of aromatic nitrogens is 1. The third kappa shape index (κ3) is 3.07. The van der Waals surface area contributed by atoms with Crippen molar-refractivity contribution >= 4 is 22.6 Å². The summed E-state index contributed by atoms with van der Waals surface area (Å²) in [5.41, 5.74) is -1.05. The quantitative estimate of drug-likeness (QED) is 0.830. The molecule has 2 rings (SSSR count). The number of rotatable bonds is 5. The van der Waals surface area contributed by atoms with Crippen LogP contribution in [-0.4, -0.2) is 23.6 Å². The molecule has 2 aromatic rings. The summed E-state index contributed by atoms with van der Waals surface area (Å²) in [6.07, 6.45) is 1.42. The Labute approximate surface area is 123 Å². The average Bonchev–Trinajstić information content (AvgIpc) is 2.46. The van der Waals surface area contributed by atoms with Crippen molar-refractivity contribution in [2.45, 2.75) is 32.2 Å². The lowest BCUT2D eigenvalue weighted by molar-refractivity contribution is -0.145. The van der Waals surface area contributed by atoms with Gasteiger partial charge in [-0.05, 0) is 30.9 Å². The highest BCUT2D eigenvalue weighted by molar-refractivity contribution is 5.86. The number of anilines is 1. The average molecular weight is 288 g/mol. The molecule has 112 valence electrons. The van der Waals surface area contributed by atoms with Crippen molar-refractivity contribution < 1.29 is 9.53 Å². The Morgan fingerprint density at radius 2 is 2.10 bits per heavy atom. The van der Waals surface area contributed by atoms with Crippen molar-refractivity contribution in [3.63, 3.8) is 0 Å². The number of aromatic amines is 1. The number of fused-ring (bicyclic) bond motifs is 1. The first-order valence-corrected chi connectivity index (χ1v) is 6.99. The molecule has 2 N–H and O–H groups in total. The fourth-order valence-electron chi connectivity index (χ4n) is 2.52. The third-order valence-electron chi connectivity index (χ3n) is 3.55. The van der Waals surface area contributed by atoms with Crippen LogP contribution >= 0.6 is 0 Å². The second-order valence-electron chi connectivity index (χ2n) is 5.30. The fourth-order valence-corrected chi connectivity index (χ4v) is 2.52. The molecule has 0 aliphatic heterocycles. The smallest absolute Gasteiger partial charge is 0.331 e. The number of nitrogens with one attached hydrogen (secondary N) is 2. The molecule has 1 aromatic heterocycles. The molecule has 5 nitrogen and oxygen atoms in total. The van der Waals surface area contributed by atoms with Gasteiger partial charge in [-0.25, -0.2) is 4.79 Å². The first-order valence-electron chi connectivity index (χ1n) is 6.99. The van der Waals surface area contributed by atoms with Gasteiger partial charge < -0.3 is 15.0 Å². The number of carbonyl (C=O) groups excluding carboxylic acids is 1. The standard InChI is InChI=1S/C16H20N2O3/c1-4-9-16(2,15(20)21-3)18-13-10-11-7-5-6-8-12(11)14(19)17-13/h5-8,10H,4,9H2,1-3H3,(H2,17,18,19). The number of H-pyrrole nitrogens is 1. The van der Waals surface area contributed by atoms with E-state index in [1.165, 1.54) is 7.11 Å². The summed E-state index contributed by atoms with van der Waals surface area (Å²) < 4.78 is 4.86. The van der Waals surface area contributed by atoms with E-state index in [4.69, 9.17) is 4.74 Å². The first kappa shape index (κ1) is 15.1. The Balaban J connectivity index is 2.42. The van der Waals surface area contributed by atoms with Gasteiger partial charge in [0.2, 0.25) is 0 Å². The minimum absolute atomic E-state index is 0.181. The zero-order valence-corrected chi connectivity index (χ0v) is 12.5. The van der Waals surface area contributed by atoms with Gasteiger partial charge in [0.15, 0.2) is 0 Å². The molecule has 0 fully saturated rings. The van der Waals surface area contributed by atoms with Crippen LogP contribution in [0.5, 0.6) is 0 Å². The number of benzene rings is 1. The molecule has 0 saturated heterocycles. The van der Waals surface area contributed by atoms with Crippen LogP contribution in [0.3, 0.4) is 0 Å². The molecular weight excluding hydrogens is 268 g/mol. The summed E-state index contributed by atoms with van der Waals surface area (Å²) in [7, 11) is 1.36. The number of carbonyl (C=O) groups is 1. The predicted octanol–water partition coefficient (Wildman–Crippen LogP) is 2.67. The highest BCUT2D eigenvalue weighted by Crippen LogP contribution is 2.21. The number of esters is 1. The van der Waals surface area contributed by atoms with Crippen molar-refractivity contribution in [1.82, 2.24) is 4.98 Å². The fraction of sp³-hybridized carbons (Fsp3) is 0.375. The molecule has 21 heavy (non-hydrogen) atoms. The second kappa shape index (κ2) is 5.99. The molecule has 0 spiro atoms. The van der Waals surface area contributed by atoms with Gasteiger partial charge in [-0.15, -0.1) is 0 Å². The largest absolute Gasteiger partial charge is 0.467 e. The normalized spacial score (nSPS) is 13.7. The highest BCUT2D eigenvalue weighted by atomic mass is 16.5. The minimum atomic E-state index is -0.866. The van der Waals surface area contributed by atoms with E-state index in [1.54, 1.807) is 13.0 Å². The topological polar surface area (TPSA) is 71.2 Å². The van der Waals surface area contributed by atoms with E-state index in [2.05, 4.69) is 10.3 Å². The van der Waals surface area contributed by atoms with Crippen LogP contribution < -0.4 is 10.9 Å². The van der Waals surface area contributed by atoms with Gasteiger partial charge in [0.1, 0.15) is 11.4 Å². The zero-order valence-electron chi connectivity index (χ0n) is 12.5. The lowest BCUT2D eigenvalue weighted by Gasteiger charge is -2.28. The van der Waals surface area contributed by atoms with Crippen LogP contribution in [-0.2, 0) is 9.53 Å². The number of pyridine rings is 1. The van der Waals surface area contributed by atoms with E-state index < -0.39 is 5.54 Å². The monoisotopic (exact) mass is 288 g/mol. The van der Waals surface area contributed by atoms with Crippen LogP contribution in [0, 0.1) is 0 Å². The Morgan fingerprint density at radius 3 is 2.76 bits per heavy atom. The Bertz CT molecular complexity index is 708. The van der Waals surface area contributed by atoms with Crippen LogP contribution in [0.2, 0.25) is 0 Å². The maximum absolute atomic E-state index is 12.1. The van der Waals surface area contributed by atoms with Crippen molar-refractivity contribution in [2.75, 3.05) is 12.4 Å². The molecule has 0 saturated carbocycles. The van der Waals surface area contributed by atoms with Crippen LogP contribution in [0.15, 0.2) is 35.1 Å². The van der Waals surface area contributed by atoms with Crippen molar-refractivity contribution in [3.05, 3.63) is 40.7 Å². The molecular formula is C16H20N2O3. The van der Waals surface area contributed by atoms with Crippen molar-refractivity contribution in [3.8, 4) is 0 Å². The molecule has 0 radical (unpaired) electrons. The van der Waals surface area contributed by atoms with Gasteiger partial charge in [-0.2, -0.15) is 0 Å². The van der Waals surface area contributed by atoms with E-state index >= 15 is 0 Å². The van der Waals surface area contributed by atoms with Gasteiger partial charge in [0, 0.05) is 5.39 Å². The molecule has 1 unspecified atom stereocenters. The maximum Gasteiger partial charge on any atom is 0.331 e. The summed E-state index contributed by atoms with van der Waals surface area (Å²) in [5.74, 6) is 0.165. The van der Waals surface area contributed by atoms with Gasteiger partial charge >= 0.3 is 5.97 Å². The Hall–Kier alpha value is -2.30. The highest BCUT2D eigenvalue weighted by Gasteiger charge is 2.33. The van der Waals surface area contributed by atoms with Gasteiger partial charge in [0.25, 0.3) is 5.56 Å². The van der Waals surface area contributed by atoms with Gasteiger partial charge in [-0.3, -0.25) is 4.79 Å². The molecule has 0 aliphatic carbocycles. The van der Waals surface area contributed by atoms with E-state index in [1.807, 2.05) is 31.2 Å². The van der Waals surface area contributed by atoms with Crippen LogP contribution in [0.1, 0.15) is 26.7 Å². The summed E-state index contributed by atoms with van der Waals surface area (Å²) in [6, 6.07) is 9.15. The second-order valence-corrected chi connectivity index (χ2v) is 5.30. The Morgan fingerprint density at radius 1 is 1.38 bits per heavy atom. The number of hydrogen-bond donors (Lipinski definition) is 2. The van der Waals surface area contributed by atoms with Crippen LogP contribution in [0.4, 0.5) is 5.82 Å². The molecule has 0 aliphatic rings. The summed E-state index contributed by atoms with van der Waals surface area (Å²) in [6.45, 7) is 3.77. The molecule has 5 heteroatoms. The van der Waals surface area contributed by atoms with E-state index in [-0.39, 0.29) is 11.5 Å². The molecule has 1 atom stereocenters. The summed E-state index contributed by atoms with van der Waals surface area (Å²) >= 11 is 0. The van der Waals surface area contributed by atoms with Crippen molar-refractivity contribution in [1.29, 1.82) is 0 Å². The third-order valence-corrected chi connectivity index (χ3v) is 3.55. The van der Waals surface area contributed by atoms with Gasteiger partial charge in [0.05, 0.1) is 7.11 Å². The number of methoxy groups -OCH3 is 1. The lowest BCUT2D eigenvalue weighted by atomic mass is 9.96. The summed E-state index contributed by atoms with van der Waals surface area (Å²) in [5, 5.41) is 4.56. The zero-order chi connectivity index (χ0) is 15.5. The number of ether oxygens (including phenoxy) is 1. The molecule has 0 amide bonds. The van der Waals surface area contributed by atoms with E-state index in [0.29, 0.717) is 17.6 Å². The molecule has 1 heterocycles. The van der Waals surface area contributed by atoms with Crippen LogP contribution in [0.25, 0.3) is 10.8 Å². The van der Waals surface area contributed by atoms with E-state index in [0.717, 1.165) is 11.8 Å². The number of hydrogen-bond acceptors (Lipinski definition) is 4. The van der Waals surface area contributed by atoms with Gasteiger partial charge in [-0.1, -0.05) is 31.5 Å². The SMILES string of the molecule is CCCC(C)(Nc1cc2ccccc2c(=O)[nH]1)C(=O)OC. The van der Waals surface area contributed by atoms with Crippen molar-refractivity contribution in [2.24, 2.45) is 0 Å². The Kier molecular flexibility index (Phi) is 4.31.